The highest BCUT2D eigenvalue weighted by atomic mass is 15.3. The third-order valence-electron chi connectivity index (χ3n) is 4.69. The van der Waals surface area contributed by atoms with Crippen LogP contribution in [0.2, 0.25) is 0 Å². The molecule has 4 rings (SSSR count). The van der Waals surface area contributed by atoms with Crippen LogP contribution in [0.4, 0.5) is 5.69 Å². The molecule has 0 amide bonds. The first-order chi connectivity index (χ1) is 10.9. The number of rotatable bonds is 3. The Morgan fingerprint density at radius 2 is 2.14 bits per heavy atom. The molecule has 5 nitrogen and oxygen atoms in total. The quantitative estimate of drug-likeness (QED) is 0.906. The van der Waals surface area contributed by atoms with Crippen molar-refractivity contribution in [2.75, 3.05) is 31.2 Å². The zero-order valence-electron chi connectivity index (χ0n) is 12.8. The van der Waals surface area contributed by atoms with Gasteiger partial charge in [-0.3, -0.25) is 5.32 Å². The molecule has 2 aliphatic rings. The van der Waals surface area contributed by atoms with Gasteiger partial charge in [0.15, 0.2) is 0 Å². The summed E-state index contributed by atoms with van der Waals surface area (Å²) < 4.78 is 1.98. The standard InChI is InChI=1S/C17H23N5/c1-5-19-13-21(8-1)17-12-20-22-9-4-15(11-16(17)22)10-14-2-6-18-7-3-14/h1,4,8-9,11-12,14,18-19H,2-3,5-7,10,13H2. The van der Waals surface area contributed by atoms with Crippen molar-refractivity contribution in [2.45, 2.75) is 19.3 Å². The van der Waals surface area contributed by atoms with Gasteiger partial charge in [-0.2, -0.15) is 5.10 Å². The Morgan fingerprint density at radius 3 is 2.95 bits per heavy atom. The van der Waals surface area contributed by atoms with Crippen LogP contribution in [0.5, 0.6) is 0 Å². The second-order valence-electron chi connectivity index (χ2n) is 6.26. The first kappa shape index (κ1) is 13.8. The molecule has 0 unspecified atom stereocenters. The average molecular weight is 297 g/mol. The summed E-state index contributed by atoms with van der Waals surface area (Å²) >= 11 is 0. The number of piperidine rings is 1. The molecule has 0 bridgehead atoms. The summed E-state index contributed by atoms with van der Waals surface area (Å²) in [5.74, 6) is 0.812. The van der Waals surface area contributed by atoms with Crippen molar-refractivity contribution in [3.05, 3.63) is 42.4 Å². The Balaban J connectivity index is 1.61. The summed E-state index contributed by atoms with van der Waals surface area (Å²) in [4.78, 5) is 2.22. The van der Waals surface area contributed by atoms with Crippen LogP contribution in [0.1, 0.15) is 18.4 Å². The predicted molar refractivity (Wildman–Crippen MR) is 89.0 cm³/mol. The first-order valence-corrected chi connectivity index (χ1v) is 8.21. The number of pyridine rings is 1. The molecule has 1 fully saturated rings. The first-order valence-electron chi connectivity index (χ1n) is 8.21. The molecular weight excluding hydrogens is 274 g/mol. The Kier molecular flexibility index (Phi) is 3.83. The summed E-state index contributed by atoms with van der Waals surface area (Å²) in [6.45, 7) is 4.11. The molecule has 1 saturated heterocycles. The minimum Gasteiger partial charge on any atom is -0.332 e. The van der Waals surface area contributed by atoms with Crippen LogP contribution in [0, 0.1) is 5.92 Å². The van der Waals surface area contributed by atoms with E-state index in [-0.39, 0.29) is 0 Å². The number of hydrogen-bond donors (Lipinski definition) is 2. The second-order valence-corrected chi connectivity index (χ2v) is 6.26. The maximum Gasteiger partial charge on any atom is 0.0902 e. The molecule has 22 heavy (non-hydrogen) atoms. The fourth-order valence-electron chi connectivity index (χ4n) is 3.45. The van der Waals surface area contributed by atoms with Crippen LogP contribution < -0.4 is 15.5 Å². The lowest BCUT2D eigenvalue weighted by atomic mass is 9.91. The summed E-state index contributed by atoms with van der Waals surface area (Å²) in [5, 5.41) is 11.3. The van der Waals surface area contributed by atoms with Crippen LogP contribution >= 0.6 is 0 Å². The highest BCUT2D eigenvalue weighted by Gasteiger charge is 2.16. The van der Waals surface area contributed by atoms with Gasteiger partial charge >= 0.3 is 0 Å². The Hall–Kier alpha value is -1.85. The minimum atomic E-state index is 0.812. The van der Waals surface area contributed by atoms with Gasteiger partial charge in [0.25, 0.3) is 0 Å². The van der Waals surface area contributed by atoms with Crippen molar-refractivity contribution in [1.82, 2.24) is 20.2 Å². The van der Waals surface area contributed by atoms with Crippen molar-refractivity contribution < 1.29 is 0 Å². The van der Waals surface area contributed by atoms with Gasteiger partial charge in [0.05, 0.1) is 24.1 Å². The predicted octanol–water partition coefficient (Wildman–Crippen LogP) is 1.76. The highest BCUT2D eigenvalue weighted by Crippen LogP contribution is 2.25. The second kappa shape index (κ2) is 6.10. The number of anilines is 1. The van der Waals surface area contributed by atoms with Gasteiger partial charge in [0.2, 0.25) is 0 Å². The summed E-state index contributed by atoms with van der Waals surface area (Å²) in [6, 6.07) is 4.53. The third-order valence-corrected chi connectivity index (χ3v) is 4.69. The van der Waals surface area contributed by atoms with Crippen LogP contribution in [-0.4, -0.2) is 35.9 Å². The number of fused-ring (bicyclic) bond motifs is 1. The smallest absolute Gasteiger partial charge is 0.0902 e. The molecule has 0 aliphatic carbocycles. The van der Waals surface area contributed by atoms with E-state index < -0.39 is 0 Å². The lowest BCUT2D eigenvalue weighted by molar-refractivity contribution is 0.372. The topological polar surface area (TPSA) is 44.6 Å². The zero-order chi connectivity index (χ0) is 14.8. The van der Waals surface area contributed by atoms with Crippen LogP contribution in [0.25, 0.3) is 5.52 Å². The Morgan fingerprint density at radius 1 is 1.23 bits per heavy atom. The van der Waals surface area contributed by atoms with Crippen LogP contribution in [0.15, 0.2) is 36.8 Å². The molecule has 4 heterocycles. The number of hydrogen-bond acceptors (Lipinski definition) is 4. The minimum absolute atomic E-state index is 0.812. The maximum absolute atomic E-state index is 4.49. The van der Waals surface area contributed by atoms with Crippen molar-refractivity contribution in [3.63, 3.8) is 0 Å². The fourth-order valence-corrected chi connectivity index (χ4v) is 3.45. The van der Waals surface area contributed by atoms with Gasteiger partial charge in [-0.1, -0.05) is 6.08 Å². The van der Waals surface area contributed by atoms with Gasteiger partial charge in [0.1, 0.15) is 0 Å². The molecule has 116 valence electrons. The van der Waals surface area contributed by atoms with Crippen molar-refractivity contribution in [3.8, 4) is 0 Å². The normalized spacial score (nSPS) is 19.9. The van der Waals surface area contributed by atoms with Gasteiger partial charge < -0.3 is 10.2 Å². The van der Waals surface area contributed by atoms with Gasteiger partial charge in [0, 0.05) is 18.9 Å². The van der Waals surface area contributed by atoms with E-state index in [0.717, 1.165) is 32.2 Å². The zero-order valence-corrected chi connectivity index (χ0v) is 12.8. The third kappa shape index (κ3) is 2.74. The molecule has 0 spiro atoms. The van der Waals surface area contributed by atoms with E-state index in [4.69, 9.17) is 0 Å². The summed E-state index contributed by atoms with van der Waals surface area (Å²) in [6.07, 6.45) is 12.1. The van der Waals surface area contributed by atoms with Crippen LogP contribution in [-0.2, 0) is 6.42 Å². The van der Waals surface area contributed by atoms with E-state index in [1.807, 2.05) is 10.7 Å². The SMILES string of the molecule is C1=CN(c2cnn3ccc(CC4CCNCC4)cc23)CNC1. The lowest BCUT2D eigenvalue weighted by Gasteiger charge is -2.24. The van der Waals surface area contributed by atoms with E-state index in [1.54, 1.807) is 0 Å². The van der Waals surface area contributed by atoms with Crippen molar-refractivity contribution >= 4 is 11.2 Å². The fraction of sp³-hybridized carbons (Fsp3) is 0.471. The van der Waals surface area contributed by atoms with E-state index in [2.05, 4.69) is 51.2 Å². The molecular formula is C17H23N5. The molecule has 5 heteroatoms. The Labute approximate surface area is 131 Å². The summed E-state index contributed by atoms with van der Waals surface area (Å²) in [7, 11) is 0. The van der Waals surface area contributed by atoms with E-state index in [0.29, 0.717) is 0 Å². The van der Waals surface area contributed by atoms with E-state index in [9.17, 15) is 0 Å². The molecule has 0 aromatic carbocycles. The molecule has 0 radical (unpaired) electrons. The number of aromatic nitrogens is 2. The number of nitrogens with one attached hydrogen (secondary N) is 2. The Bertz CT molecular complexity index is 669. The molecule has 2 aromatic heterocycles. The molecule has 0 saturated carbocycles. The number of nitrogens with zero attached hydrogens (tertiary/aromatic N) is 3. The molecule has 2 N–H and O–H groups in total. The van der Waals surface area contributed by atoms with Crippen molar-refractivity contribution in [2.24, 2.45) is 5.92 Å². The molecule has 2 aliphatic heterocycles. The van der Waals surface area contributed by atoms with E-state index >= 15 is 0 Å². The van der Waals surface area contributed by atoms with Gasteiger partial charge in [-0.05, 0) is 56.0 Å². The highest BCUT2D eigenvalue weighted by molar-refractivity contribution is 5.74. The van der Waals surface area contributed by atoms with E-state index in [1.165, 1.54) is 36.0 Å². The van der Waals surface area contributed by atoms with Gasteiger partial charge in [-0.25, -0.2) is 4.52 Å². The largest absolute Gasteiger partial charge is 0.332 e. The summed E-state index contributed by atoms with van der Waals surface area (Å²) in [5.41, 5.74) is 3.80. The lowest BCUT2D eigenvalue weighted by Crippen LogP contribution is -2.34. The van der Waals surface area contributed by atoms with Crippen LogP contribution in [0.3, 0.4) is 0 Å². The average Bonchev–Trinajstić information content (AvgIpc) is 3.00. The molecule has 2 aromatic rings. The monoisotopic (exact) mass is 297 g/mol. The van der Waals surface area contributed by atoms with Crippen molar-refractivity contribution in [1.29, 1.82) is 0 Å². The molecule has 0 atom stereocenters. The maximum atomic E-state index is 4.49. The van der Waals surface area contributed by atoms with Gasteiger partial charge in [-0.15, -0.1) is 0 Å².